The quantitative estimate of drug-likeness (QED) is 0.300. The normalized spacial score (nSPS) is 18.9. The molecule has 0 aromatic rings. The lowest BCUT2D eigenvalue weighted by atomic mass is 9.86. The second-order valence-electron chi connectivity index (χ2n) is 6.69. The number of carbonyl (C=O) groups excluding carboxylic acids is 1. The van der Waals surface area contributed by atoms with Crippen LogP contribution < -0.4 is 10.0 Å². The van der Waals surface area contributed by atoms with E-state index in [2.05, 4.69) is 19.9 Å². The van der Waals surface area contributed by atoms with Gasteiger partial charge < -0.3 is 15.1 Å². The van der Waals surface area contributed by atoms with Crippen molar-refractivity contribution in [1.29, 1.82) is 0 Å². The molecule has 2 aliphatic rings. The Morgan fingerprint density at radius 1 is 1.15 bits per heavy atom. The molecule has 1 amide bonds. The predicted molar refractivity (Wildman–Crippen MR) is 114 cm³/mol. The summed E-state index contributed by atoms with van der Waals surface area (Å²) in [4.78, 5) is 19.8. The number of sulfonamides is 1. The molecule has 1 aliphatic heterocycles. The van der Waals surface area contributed by atoms with Crippen LogP contribution >= 0.6 is 24.0 Å². The fourth-order valence-electron chi connectivity index (χ4n) is 2.94. The first-order valence-corrected chi connectivity index (χ1v) is 10.8. The molecule has 10 heteroatoms. The van der Waals surface area contributed by atoms with Crippen LogP contribution in [0.15, 0.2) is 4.99 Å². The molecule has 0 aromatic heterocycles. The van der Waals surface area contributed by atoms with Crippen molar-refractivity contribution in [2.45, 2.75) is 33.1 Å². The van der Waals surface area contributed by atoms with Gasteiger partial charge in [-0.1, -0.05) is 6.42 Å². The Morgan fingerprint density at radius 3 is 2.27 bits per heavy atom. The molecule has 1 saturated carbocycles. The third kappa shape index (κ3) is 7.55. The SMILES string of the molecule is CCNC(=NCCS(=O)(=O)NCC1CCC1)N1CCN(C(C)=O)CC1.I. The molecule has 1 aliphatic carbocycles. The van der Waals surface area contributed by atoms with Gasteiger partial charge in [-0.05, 0) is 25.7 Å². The Kier molecular flexibility index (Phi) is 10.2. The number of amides is 1. The molecule has 2 rings (SSSR count). The van der Waals surface area contributed by atoms with Crippen LogP contribution in [0.2, 0.25) is 0 Å². The van der Waals surface area contributed by atoms with Crippen LogP contribution in [0.25, 0.3) is 0 Å². The van der Waals surface area contributed by atoms with Crippen molar-refractivity contribution in [2.24, 2.45) is 10.9 Å². The lowest BCUT2D eigenvalue weighted by Crippen LogP contribution is -2.53. The van der Waals surface area contributed by atoms with Crippen LogP contribution in [-0.4, -0.2) is 81.7 Å². The maximum atomic E-state index is 12.1. The molecule has 0 spiro atoms. The Morgan fingerprint density at radius 2 is 1.77 bits per heavy atom. The summed E-state index contributed by atoms with van der Waals surface area (Å²) >= 11 is 0. The van der Waals surface area contributed by atoms with Gasteiger partial charge in [-0.3, -0.25) is 9.79 Å². The molecule has 26 heavy (non-hydrogen) atoms. The molecule has 152 valence electrons. The Balaban J connectivity index is 0.00000338. The van der Waals surface area contributed by atoms with Gasteiger partial charge in [-0.2, -0.15) is 0 Å². The summed E-state index contributed by atoms with van der Waals surface area (Å²) in [6.07, 6.45) is 3.45. The number of nitrogens with one attached hydrogen (secondary N) is 2. The molecule has 2 N–H and O–H groups in total. The third-order valence-corrected chi connectivity index (χ3v) is 6.12. The van der Waals surface area contributed by atoms with Gasteiger partial charge in [0.15, 0.2) is 5.96 Å². The second kappa shape index (κ2) is 11.3. The van der Waals surface area contributed by atoms with Crippen molar-refractivity contribution in [2.75, 3.05) is 51.6 Å². The molecule has 0 unspecified atom stereocenters. The van der Waals surface area contributed by atoms with E-state index >= 15 is 0 Å². The van der Waals surface area contributed by atoms with Gasteiger partial charge in [0, 0.05) is 46.2 Å². The zero-order valence-corrected chi connectivity index (χ0v) is 18.9. The number of rotatable bonds is 7. The second-order valence-corrected chi connectivity index (χ2v) is 8.62. The Labute approximate surface area is 174 Å². The highest BCUT2D eigenvalue weighted by atomic mass is 127. The highest BCUT2D eigenvalue weighted by molar-refractivity contribution is 14.0. The number of halogens is 1. The standard InChI is InChI=1S/C16H31N5O3S.HI/c1-3-17-16(21-10-8-20(9-11-21)14(2)22)18-7-12-25(23,24)19-13-15-5-4-6-15;/h15,19H,3-13H2,1-2H3,(H,17,18);1H. The van der Waals surface area contributed by atoms with E-state index in [-0.39, 0.29) is 42.2 Å². The molecule has 8 nitrogen and oxygen atoms in total. The van der Waals surface area contributed by atoms with Crippen LogP contribution in [0.5, 0.6) is 0 Å². The van der Waals surface area contributed by atoms with Gasteiger partial charge in [0.25, 0.3) is 0 Å². The van der Waals surface area contributed by atoms with E-state index < -0.39 is 10.0 Å². The average Bonchev–Trinajstić information content (AvgIpc) is 2.52. The van der Waals surface area contributed by atoms with E-state index in [1.165, 1.54) is 6.42 Å². The molecule has 0 bridgehead atoms. The van der Waals surface area contributed by atoms with Crippen LogP contribution in [0.1, 0.15) is 33.1 Å². The number of carbonyl (C=O) groups is 1. The molecular weight excluding hydrogens is 469 g/mol. The molecule has 1 saturated heterocycles. The smallest absolute Gasteiger partial charge is 0.219 e. The summed E-state index contributed by atoms with van der Waals surface area (Å²) in [5.41, 5.74) is 0. The maximum Gasteiger partial charge on any atom is 0.219 e. The number of nitrogens with zero attached hydrogens (tertiary/aromatic N) is 3. The fourth-order valence-corrected chi connectivity index (χ4v) is 3.91. The molecule has 0 radical (unpaired) electrons. The van der Waals surface area contributed by atoms with Gasteiger partial charge in [-0.25, -0.2) is 13.1 Å². The summed E-state index contributed by atoms with van der Waals surface area (Å²) in [6, 6.07) is 0. The molecule has 1 heterocycles. The lowest BCUT2D eigenvalue weighted by molar-refractivity contribution is -0.130. The van der Waals surface area contributed by atoms with Crippen molar-refractivity contribution < 1.29 is 13.2 Å². The van der Waals surface area contributed by atoms with Gasteiger partial charge in [0.2, 0.25) is 15.9 Å². The number of guanidine groups is 1. The summed E-state index contributed by atoms with van der Waals surface area (Å²) in [5, 5.41) is 3.21. The van der Waals surface area contributed by atoms with Crippen LogP contribution in [0.3, 0.4) is 0 Å². The Bertz CT molecular complexity index is 572. The molecule has 2 fully saturated rings. The zero-order chi connectivity index (χ0) is 18.3. The first-order chi connectivity index (χ1) is 11.9. The highest BCUT2D eigenvalue weighted by Crippen LogP contribution is 2.25. The number of aliphatic imine (C=N–C) groups is 1. The highest BCUT2D eigenvalue weighted by Gasteiger charge is 2.22. The predicted octanol–water partition coefficient (Wildman–Crippen LogP) is 0.454. The lowest BCUT2D eigenvalue weighted by Gasteiger charge is -2.36. The van der Waals surface area contributed by atoms with Crippen molar-refractivity contribution in [3.05, 3.63) is 0 Å². The van der Waals surface area contributed by atoms with E-state index in [0.29, 0.717) is 38.6 Å². The van der Waals surface area contributed by atoms with E-state index in [9.17, 15) is 13.2 Å². The summed E-state index contributed by atoms with van der Waals surface area (Å²) in [5.74, 6) is 1.32. The average molecular weight is 501 g/mol. The summed E-state index contributed by atoms with van der Waals surface area (Å²) < 4.78 is 26.8. The molecule has 0 aromatic carbocycles. The number of hydrogen-bond donors (Lipinski definition) is 2. The van der Waals surface area contributed by atoms with Crippen LogP contribution in [0, 0.1) is 5.92 Å². The summed E-state index contributed by atoms with van der Waals surface area (Å²) in [7, 11) is -3.27. The minimum Gasteiger partial charge on any atom is -0.357 e. The van der Waals surface area contributed by atoms with E-state index in [0.717, 1.165) is 25.3 Å². The zero-order valence-electron chi connectivity index (χ0n) is 15.7. The van der Waals surface area contributed by atoms with E-state index in [4.69, 9.17) is 0 Å². The van der Waals surface area contributed by atoms with Gasteiger partial charge in [0.05, 0.1) is 12.3 Å². The van der Waals surface area contributed by atoms with Gasteiger partial charge >= 0.3 is 0 Å². The monoisotopic (exact) mass is 501 g/mol. The van der Waals surface area contributed by atoms with Crippen molar-refractivity contribution in [1.82, 2.24) is 19.8 Å². The minimum atomic E-state index is -3.27. The van der Waals surface area contributed by atoms with Crippen molar-refractivity contribution >= 4 is 45.9 Å². The first-order valence-electron chi connectivity index (χ1n) is 9.17. The first kappa shape index (κ1) is 23.4. The largest absolute Gasteiger partial charge is 0.357 e. The van der Waals surface area contributed by atoms with Crippen molar-refractivity contribution in [3.8, 4) is 0 Å². The minimum absolute atomic E-state index is 0. The number of piperazine rings is 1. The van der Waals surface area contributed by atoms with Crippen molar-refractivity contribution in [3.63, 3.8) is 0 Å². The van der Waals surface area contributed by atoms with E-state index in [1.54, 1.807) is 6.92 Å². The molecular formula is C16H32IN5O3S. The Hall–Kier alpha value is -0.620. The van der Waals surface area contributed by atoms with Gasteiger partial charge in [-0.15, -0.1) is 24.0 Å². The third-order valence-electron chi connectivity index (χ3n) is 4.80. The topological polar surface area (TPSA) is 94.1 Å². The van der Waals surface area contributed by atoms with Crippen LogP contribution in [0.4, 0.5) is 0 Å². The van der Waals surface area contributed by atoms with Gasteiger partial charge in [0.1, 0.15) is 0 Å². The summed E-state index contributed by atoms with van der Waals surface area (Å²) in [6.45, 7) is 7.82. The molecule has 0 atom stereocenters. The van der Waals surface area contributed by atoms with E-state index in [1.807, 2.05) is 11.8 Å². The maximum absolute atomic E-state index is 12.1. The fraction of sp³-hybridized carbons (Fsp3) is 0.875. The number of hydrogen-bond acceptors (Lipinski definition) is 4. The van der Waals surface area contributed by atoms with Crippen LogP contribution in [-0.2, 0) is 14.8 Å².